The second-order valence-corrected chi connectivity index (χ2v) is 5.20. The molecule has 0 aromatic heterocycles. The third kappa shape index (κ3) is 2.20. The normalized spacial score (nSPS) is 21.9. The van der Waals surface area contributed by atoms with E-state index >= 15 is 0 Å². The number of benzene rings is 1. The second kappa shape index (κ2) is 5.13. The lowest BCUT2D eigenvalue weighted by Crippen LogP contribution is -2.45. The minimum atomic E-state index is -1.05. The van der Waals surface area contributed by atoms with Crippen molar-refractivity contribution < 1.29 is 23.9 Å². The molecule has 0 atom stereocenters. The van der Waals surface area contributed by atoms with E-state index in [1.165, 1.54) is 18.2 Å². The summed E-state index contributed by atoms with van der Waals surface area (Å²) in [6.07, 6.45) is 0.826. The summed E-state index contributed by atoms with van der Waals surface area (Å²) in [7, 11) is 1.57. The Morgan fingerprint density at radius 3 is 2.62 bits per heavy atom. The van der Waals surface area contributed by atoms with E-state index in [1.54, 1.807) is 18.2 Å². The Labute approximate surface area is 121 Å². The summed E-state index contributed by atoms with van der Waals surface area (Å²) in [6, 6.07) is 5.86. The molecule has 1 saturated heterocycles. The van der Waals surface area contributed by atoms with Crippen LogP contribution in [0.4, 0.5) is 4.39 Å². The summed E-state index contributed by atoms with van der Waals surface area (Å²) in [6.45, 7) is 1.05. The van der Waals surface area contributed by atoms with Crippen LogP contribution in [0, 0.1) is 5.82 Å². The third-order valence-corrected chi connectivity index (χ3v) is 4.09. The van der Waals surface area contributed by atoms with Crippen molar-refractivity contribution in [2.75, 3.05) is 20.2 Å². The first-order valence-corrected chi connectivity index (χ1v) is 6.78. The number of hydrogen-bond acceptors (Lipinski definition) is 5. The lowest BCUT2D eigenvalue weighted by molar-refractivity contribution is -0.182. The topological polar surface area (TPSA) is 59.0 Å². The minimum Gasteiger partial charge on any atom is -0.507 e. The molecule has 0 amide bonds. The van der Waals surface area contributed by atoms with Crippen molar-refractivity contribution in [3.63, 3.8) is 0 Å². The van der Waals surface area contributed by atoms with Crippen LogP contribution in [-0.2, 0) is 14.4 Å². The number of halogens is 1. The average Bonchev–Trinajstić information content (AvgIpc) is 2.72. The van der Waals surface area contributed by atoms with E-state index in [9.17, 15) is 14.3 Å². The van der Waals surface area contributed by atoms with Crippen LogP contribution in [0.25, 0.3) is 5.57 Å². The van der Waals surface area contributed by atoms with Crippen LogP contribution in [0.1, 0.15) is 18.4 Å². The predicted octanol–water partition coefficient (Wildman–Crippen LogP) is 2.05. The number of carbonyl (C=O) groups is 1. The summed E-state index contributed by atoms with van der Waals surface area (Å²) in [5.74, 6) is -1.40. The molecule has 1 fully saturated rings. The van der Waals surface area contributed by atoms with Crippen molar-refractivity contribution in [2.45, 2.75) is 18.4 Å². The van der Waals surface area contributed by atoms with Gasteiger partial charge in [0.2, 0.25) is 0 Å². The van der Waals surface area contributed by atoms with Crippen molar-refractivity contribution in [3.8, 4) is 0 Å². The highest BCUT2D eigenvalue weighted by atomic mass is 19.1. The first-order chi connectivity index (χ1) is 10.1. The number of carbonyl (C=O) groups excluding carboxylic acids is 1. The quantitative estimate of drug-likeness (QED) is 0.846. The highest BCUT2D eigenvalue weighted by Gasteiger charge is 2.50. The standard InChI is InChI=1S/C15H16FNO4/c1-20-17-8-6-15(7-9-17)13(18)12(14(19)21-15)10-4-2-3-5-11(10)16/h2-5,18H,6-9H2,1H3. The SMILES string of the molecule is CON1CCC2(CC1)OC(=O)C(c1ccccc1F)=C2O. The maximum Gasteiger partial charge on any atom is 0.343 e. The molecule has 112 valence electrons. The van der Waals surface area contributed by atoms with E-state index in [0.29, 0.717) is 25.9 Å². The Morgan fingerprint density at radius 2 is 2.00 bits per heavy atom. The molecule has 0 radical (unpaired) electrons. The smallest absolute Gasteiger partial charge is 0.343 e. The molecule has 1 spiro atoms. The van der Waals surface area contributed by atoms with Crippen molar-refractivity contribution in [1.29, 1.82) is 0 Å². The first kappa shape index (κ1) is 14.0. The highest BCUT2D eigenvalue weighted by molar-refractivity contribution is 6.19. The second-order valence-electron chi connectivity index (χ2n) is 5.20. The van der Waals surface area contributed by atoms with Crippen LogP contribution in [-0.4, -0.2) is 41.9 Å². The van der Waals surface area contributed by atoms with Gasteiger partial charge in [0.15, 0.2) is 11.4 Å². The summed E-state index contributed by atoms with van der Waals surface area (Å²) in [5.41, 5.74) is -1.05. The van der Waals surface area contributed by atoms with E-state index in [4.69, 9.17) is 9.57 Å². The number of piperidine rings is 1. The van der Waals surface area contributed by atoms with Gasteiger partial charge in [-0.1, -0.05) is 18.2 Å². The van der Waals surface area contributed by atoms with Crippen LogP contribution in [0.2, 0.25) is 0 Å². The molecule has 5 nitrogen and oxygen atoms in total. The van der Waals surface area contributed by atoms with E-state index < -0.39 is 17.4 Å². The molecule has 1 aromatic rings. The molecule has 2 aliphatic heterocycles. The molecule has 0 saturated carbocycles. The number of esters is 1. The van der Waals surface area contributed by atoms with Crippen LogP contribution >= 0.6 is 0 Å². The predicted molar refractivity (Wildman–Crippen MR) is 72.6 cm³/mol. The molecule has 6 heteroatoms. The Bertz CT molecular complexity index is 605. The first-order valence-electron chi connectivity index (χ1n) is 6.78. The molecule has 0 unspecified atom stereocenters. The molecular weight excluding hydrogens is 277 g/mol. The maximum absolute atomic E-state index is 13.9. The monoisotopic (exact) mass is 293 g/mol. The van der Waals surface area contributed by atoms with Crippen molar-refractivity contribution >= 4 is 11.5 Å². The molecular formula is C15H16FNO4. The van der Waals surface area contributed by atoms with Gasteiger partial charge in [-0.05, 0) is 6.07 Å². The number of ether oxygens (including phenoxy) is 1. The molecule has 0 aliphatic carbocycles. The van der Waals surface area contributed by atoms with E-state index in [-0.39, 0.29) is 16.9 Å². The molecule has 3 rings (SSSR count). The molecule has 1 aromatic carbocycles. The summed E-state index contributed by atoms with van der Waals surface area (Å²) in [4.78, 5) is 17.2. The fourth-order valence-electron chi connectivity index (χ4n) is 2.87. The van der Waals surface area contributed by atoms with Gasteiger partial charge in [0.1, 0.15) is 11.4 Å². The molecule has 2 aliphatic rings. The summed E-state index contributed by atoms with van der Waals surface area (Å²) in [5, 5.41) is 12.2. The van der Waals surface area contributed by atoms with E-state index in [2.05, 4.69) is 0 Å². The van der Waals surface area contributed by atoms with Crippen LogP contribution in [0.15, 0.2) is 30.0 Å². The number of aliphatic hydroxyl groups is 1. The van der Waals surface area contributed by atoms with Crippen molar-refractivity contribution in [2.24, 2.45) is 0 Å². The maximum atomic E-state index is 13.9. The van der Waals surface area contributed by atoms with Crippen molar-refractivity contribution in [3.05, 3.63) is 41.4 Å². The zero-order valence-electron chi connectivity index (χ0n) is 11.6. The fraction of sp³-hybridized carbons (Fsp3) is 0.400. The van der Waals surface area contributed by atoms with Gasteiger partial charge < -0.3 is 14.7 Å². The molecule has 0 bridgehead atoms. The minimum absolute atomic E-state index is 0.0704. The number of hydrogen-bond donors (Lipinski definition) is 1. The van der Waals surface area contributed by atoms with Crippen LogP contribution < -0.4 is 0 Å². The van der Waals surface area contributed by atoms with Gasteiger partial charge in [-0.2, -0.15) is 5.06 Å². The Kier molecular flexibility index (Phi) is 3.43. The molecule has 21 heavy (non-hydrogen) atoms. The van der Waals surface area contributed by atoms with Crippen molar-refractivity contribution in [1.82, 2.24) is 5.06 Å². The number of aliphatic hydroxyl groups excluding tert-OH is 1. The molecule has 1 N–H and O–H groups in total. The van der Waals surface area contributed by atoms with Gasteiger partial charge in [0.05, 0.1) is 7.11 Å². The average molecular weight is 293 g/mol. The van der Waals surface area contributed by atoms with Gasteiger partial charge in [-0.25, -0.2) is 9.18 Å². The van der Waals surface area contributed by atoms with Crippen LogP contribution in [0.3, 0.4) is 0 Å². The summed E-state index contributed by atoms with van der Waals surface area (Å²) >= 11 is 0. The zero-order chi connectivity index (χ0) is 15.0. The number of rotatable bonds is 2. The fourth-order valence-corrected chi connectivity index (χ4v) is 2.87. The van der Waals surface area contributed by atoms with Gasteiger partial charge in [0, 0.05) is 31.5 Å². The Morgan fingerprint density at radius 1 is 1.33 bits per heavy atom. The Balaban J connectivity index is 1.98. The highest BCUT2D eigenvalue weighted by Crippen LogP contribution is 2.43. The van der Waals surface area contributed by atoms with Gasteiger partial charge in [0.25, 0.3) is 0 Å². The van der Waals surface area contributed by atoms with E-state index in [1.807, 2.05) is 0 Å². The lowest BCUT2D eigenvalue weighted by atomic mass is 9.88. The summed E-state index contributed by atoms with van der Waals surface area (Å²) < 4.78 is 19.3. The number of nitrogens with zero attached hydrogens (tertiary/aromatic N) is 1. The van der Waals surface area contributed by atoms with E-state index in [0.717, 1.165) is 0 Å². The van der Waals surface area contributed by atoms with Gasteiger partial charge >= 0.3 is 5.97 Å². The zero-order valence-corrected chi connectivity index (χ0v) is 11.6. The third-order valence-electron chi connectivity index (χ3n) is 4.09. The lowest BCUT2D eigenvalue weighted by Gasteiger charge is -2.36. The molecule has 2 heterocycles. The van der Waals surface area contributed by atoms with Gasteiger partial charge in [-0.3, -0.25) is 0 Å². The van der Waals surface area contributed by atoms with Crippen LogP contribution in [0.5, 0.6) is 0 Å². The number of hydroxylamine groups is 2. The Hall–Kier alpha value is -1.92. The largest absolute Gasteiger partial charge is 0.507 e. The van der Waals surface area contributed by atoms with Gasteiger partial charge in [-0.15, -0.1) is 0 Å².